The third kappa shape index (κ3) is 6.68. The number of carboxylic acids is 2. The Kier molecular flexibility index (Phi) is 13.9. The van der Waals surface area contributed by atoms with Crippen molar-refractivity contribution in [2.45, 2.75) is 24.4 Å². The molecule has 4 atom stereocenters. The van der Waals surface area contributed by atoms with Crippen molar-refractivity contribution < 1.29 is 110 Å². The van der Waals surface area contributed by atoms with Crippen LogP contribution in [0.3, 0.4) is 0 Å². The van der Waals surface area contributed by atoms with Crippen LogP contribution >= 0.6 is 0 Å². The van der Waals surface area contributed by atoms with Crippen LogP contribution in [-0.2, 0) is 9.59 Å². The van der Waals surface area contributed by atoms with Crippen molar-refractivity contribution in [3.05, 3.63) is 0 Å². The second-order valence-electron chi connectivity index (χ2n) is 2.51. The molecule has 0 aromatic heterocycles. The number of hydrogen-bond donors (Lipinski definition) is 4. The summed E-state index contributed by atoms with van der Waals surface area (Å²) in [4.78, 5) is 19.9. The third-order valence-electron chi connectivity index (χ3n) is 1.48. The molecular weight excluding hydrogens is 246 g/mol. The molecular formula is C6H8KLiO8. The molecule has 16 heavy (non-hydrogen) atoms. The predicted octanol–water partition coefficient (Wildman–Crippen LogP) is -12.1. The Morgan fingerprint density at radius 3 is 1.12 bits per heavy atom. The van der Waals surface area contributed by atoms with Crippen LogP contribution in [0.4, 0.5) is 0 Å². The van der Waals surface area contributed by atoms with Gasteiger partial charge in [0.1, 0.15) is 24.4 Å². The molecule has 0 amide bonds. The quantitative estimate of drug-likeness (QED) is 0.351. The van der Waals surface area contributed by atoms with Gasteiger partial charge in [-0.05, 0) is 0 Å². The van der Waals surface area contributed by atoms with Crippen molar-refractivity contribution in [2.75, 3.05) is 0 Å². The molecule has 0 bridgehead atoms. The van der Waals surface area contributed by atoms with Crippen LogP contribution in [0, 0.1) is 0 Å². The molecule has 8 nitrogen and oxygen atoms in total. The van der Waals surface area contributed by atoms with Crippen LogP contribution in [-0.4, -0.2) is 56.8 Å². The molecule has 0 unspecified atom stereocenters. The Morgan fingerprint density at radius 1 is 0.812 bits per heavy atom. The molecule has 0 aliphatic rings. The van der Waals surface area contributed by atoms with Gasteiger partial charge in [0.2, 0.25) is 0 Å². The normalized spacial score (nSPS) is 17.0. The van der Waals surface area contributed by atoms with E-state index in [2.05, 4.69) is 0 Å². The summed E-state index contributed by atoms with van der Waals surface area (Å²) in [6, 6.07) is 0. The van der Waals surface area contributed by atoms with Crippen molar-refractivity contribution >= 4 is 11.9 Å². The Labute approximate surface area is 145 Å². The van der Waals surface area contributed by atoms with Gasteiger partial charge in [-0.15, -0.1) is 0 Å². The number of aliphatic carboxylic acids is 2. The van der Waals surface area contributed by atoms with Gasteiger partial charge in [0.15, 0.2) is 0 Å². The summed E-state index contributed by atoms with van der Waals surface area (Å²) in [5, 5.41) is 54.7. The van der Waals surface area contributed by atoms with E-state index in [1.54, 1.807) is 0 Å². The number of rotatable bonds is 5. The molecule has 0 aromatic carbocycles. The number of carboxylic acid groups (broad SMARTS) is 2. The van der Waals surface area contributed by atoms with E-state index in [4.69, 9.17) is 20.4 Å². The van der Waals surface area contributed by atoms with Gasteiger partial charge in [0, 0.05) is 0 Å². The second-order valence-corrected chi connectivity index (χ2v) is 2.51. The fourth-order valence-electron chi connectivity index (χ4n) is 0.652. The van der Waals surface area contributed by atoms with Gasteiger partial charge in [0.25, 0.3) is 0 Å². The molecule has 0 rings (SSSR count). The summed E-state index contributed by atoms with van der Waals surface area (Å²) in [5.41, 5.74) is 0. The molecule has 0 saturated heterocycles. The summed E-state index contributed by atoms with van der Waals surface area (Å²) < 4.78 is 0. The Balaban J connectivity index is -0.000000845. The van der Waals surface area contributed by atoms with Crippen molar-refractivity contribution in [3.63, 3.8) is 0 Å². The van der Waals surface area contributed by atoms with Gasteiger partial charge in [-0.2, -0.15) is 0 Å². The maximum atomic E-state index is 9.96. The number of aliphatic hydroxyl groups is 4. The maximum absolute atomic E-state index is 9.96. The van der Waals surface area contributed by atoms with Crippen LogP contribution in [0.15, 0.2) is 0 Å². The van der Waals surface area contributed by atoms with Gasteiger partial charge in [0.05, 0.1) is 11.9 Å². The first-order chi connectivity index (χ1) is 6.29. The Hall–Kier alpha value is 1.01. The predicted molar refractivity (Wildman–Crippen MR) is 34.0 cm³/mol. The van der Waals surface area contributed by atoms with E-state index in [1.165, 1.54) is 0 Å². The van der Waals surface area contributed by atoms with Crippen molar-refractivity contribution in [1.82, 2.24) is 0 Å². The zero-order valence-electron chi connectivity index (χ0n) is 8.73. The molecule has 0 spiro atoms. The zero-order valence-corrected chi connectivity index (χ0v) is 11.9. The molecule has 0 aliphatic heterocycles. The van der Waals surface area contributed by atoms with E-state index in [9.17, 15) is 19.8 Å². The molecule has 4 N–H and O–H groups in total. The van der Waals surface area contributed by atoms with Gasteiger partial charge in [-0.1, -0.05) is 0 Å². The molecule has 0 radical (unpaired) electrons. The minimum atomic E-state index is -2.50. The van der Waals surface area contributed by atoms with E-state index in [1.807, 2.05) is 0 Å². The summed E-state index contributed by atoms with van der Waals surface area (Å²) in [7, 11) is 0. The summed E-state index contributed by atoms with van der Waals surface area (Å²) in [6.07, 6.45) is -9.76. The van der Waals surface area contributed by atoms with E-state index in [0.717, 1.165) is 0 Å². The summed E-state index contributed by atoms with van der Waals surface area (Å²) in [6.45, 7) is 0. The number of hydrogen-bond acceptors (Lipinski definition) is 8. The average Bonchev–Trinajstić information content (AvgIpc) is 2.12. The zero-order chi connectivity index (χ0) is 11.5. The van der Waals surface area contributed by atoms with E-state index in [-0.39, 0.29) is 70.2 Å². The summed E-state index contributed by atoms with van der Waals surface area (Å²) in [5.74, 6) is -4.22. The SMILES string of the molecule is O=C([O-])[C@@H](O)[C@@H](O)[C@H](O)[C@@H](O)C(=O)[O-].[K+].[Li+]. The van der Waals surface area contributed by atoms with Gasteiger partial charge in [-0.25, -0.2) is 0 Å². The van der Waals surface area contributed by atoms with Crippen molar-refractivity contribution in [1.29, 1.82) is 0 Å². The molecule has 0 fully saturated rings. The van der Waals surface area contributed by atoms with Crippen LogP contribution in [0.2, 0.25) is 0 Å². The Bertz CT molecular complexity index is 213. The van der Waals surface area contributed by atoms with Gasteiger partial charge in [-0.3, -0.25) is 0 Å². The van der Waals surface area contributed by atoms with Gasteiger partial charge < -0.3 is 40.2 Å². The molecule has 0 heterocycles. The average molecular weight is 254 g/mol. The molecule has 82 valence electrons. The molecule has 0 aromatic rings. The first-order valence-electron chi connectivity index (χ1n) is 3.43. The molecule has 10 heteroatoms. The largest absolute Gasteiger partial charge is 1.00 e. The topological polar surface area (TPSA) is 161 Å². The van der Waals surface area contributed by atoms with E-state index in [0.29, 0.717) is 0 Å². The second kappa shape index (κ2) is 9.98. The van der Waals surface area contributed by atoms with Crippen molar-refractivity contribution in [2.24, 2.45) is 0 Å². The minimum absolute atomic E-state index is 0. The smallest absolute Gasteiger partial charge is 0.547 e. The maximum Gasteiger partial charge on any atom is 1.00 e. The van der Waals surface area contributed by atoms with Crippen LogP contribution in [0.1, 0.15) is 0 Å². The fraction of sp³-hybridized carbons (Fsp3) is 0.667. The number of aliphatic hydroxyl groups excluding tert-OH is 4. The first-order valence-corrected chi connectivity index (χ1v) is 3.43. The van der Waals surface area contributed by atoms with E-state index >= 15 is 0 Å². The van der Waals surface area contributed by atoms with Crippen LogP contribution < -0.4 is 80.5 Å². The number of carbonyl (C=O) groups excluding carboxylic acids is 2. The number of carbonyl (C=O) groups is 2. The van der Waals surface area contributed by atoms with Crippen LogP contribution in [0.5, 0.6) is 0 Å². The fourth-order valence-corrected chi connectivity index (χ4v) is 0.652. The summed E-state index contributed by atoms with van der Waals surface area (Å²) >= 11 is 0. The van der Waals surface area contributed by atoms with Gasteiger partial charge >= 0.3 is 70.2 Å². The first kappa shape index (κ1) is 22.2. The van der Waals surface area contributed by atoms with Crippen LogP contribution in [0.25, 0.3) is 0 Å². The van der Waals surface area contributed by atoms with E-state index < -0.39 is 36.4 Å². The molecule has 0 saturated carbocycles. The minimum Gasteiger partial charge on any atom is -0.547 e. The Morgan fingerprint density at radius 2 is 1.00 bits per heavy atom. The monoisotopic (exact) mass is 254 g/mol. The van der Waals surface area contributed by atoms with Crippen molar-refractivity contribution in [3.8, 4) is 0 Å². The standard InChI is InChI=1S/C6H10O8.K.Li/c7-1(3(9)5(11)12)2(8)4(10)6(13)14;;/h1-4,7-10H,(H,11,12)(H,13,14);;/q;2*+1/p-2/t1-,2-,3-,4+;;/m0../s1. The molecule has 0 aliphatic carbocycles. The third-order valence-corrected chi connectivity index (χ3v) is 1.48.